The van der Waals surface area contributed by atoms with Crippen molar-refractivity contribution in [2.45, 2.75) is 0 Å². The molecule has 2 nitrogen and oxygen atoms in total. The molecule has 0 unspecified atom stereocenters. The third-order valence-corrected chi connectivity index (χ3v) is 12.8. The van der Waals surface area contributed by atoms with E-state index in [1.54, 1.807) is 0 Å². The summed E-state index contributed by atoms with van der Waals surface area (Å²) in [5, 5.41) is 7.55. The Morgan fingerprint density at radius 1 is 0.250 bits per heavy atom. The molecule has 0 atom stereocenters. The first kappa shape index (κ1) is 37.3. The van der Waals surface area contributed by atoms with Crippen LogP contribution >= 0.6 is 0 Å². The molecule has 12 aromatic rings. The minimum absolute atomic E-state index is 1.08. The zero-order chi connectivity index (χ0) is 42.4. The summed E-state index contributed by atoms with van der Waals surface area (Å²) in [5.41, 5.74) is 16.2. The molecule has 0 N–H and O–H groups in total. The van der Waals surface area contributed by atoms with Gasteiger partial charge in [-0.3, -0.25) is 0 Å². The van der Waals surface area contributed by atoms with E-state index < -0.39 is 0 Å². The molecule has 300 valence electrons. The maximum absolute atomic E-state index is 2.41. The number of hydrogen-bond acceptors (Lipinski definition) is 1. The number of hydrogen-bond donors (Lipinski definition) is 0. The van der Waals surface area contributed by atoms with Gasteiger partial charge < -0.3 is 9.47 Å². The molecular weight excluding hydrogens is 773 g/mol. The lowest BCUT2D eigenvalue weighted by atomic mass is 9.93. The van der Waals surface area contributed by atoms with Crippen LogP contribution in [0.3, 0.4) is 0 Å². The Kier molecular flexibility index (Phi) is 9.20. The third-order valence-electron chi connectivity index (χ3n) is 12.8. The Labute approximate surface area is 373 Å². The molecule has 1 heterocycles. The van der Waals surface area contributed by atoms with Crippen LogP contribution in [0.15, 0.2) is 255 Å². The second-order valence-electron chi connectivity index (χ2n) is 16.5. The summed E-state index contributed by atoms with van der Waals surface area (Å²) >= 11 is 0. The van der Waals surface area contributed by atoms with Crippen LogP contribution in [-0.4, -0.2) is 4.57 Å². The summed E-state index contributed by atoms with van der Waals surface area (Å²) in [6.45, 7) is 0. The number of anilines is 3. The first-order chi connectivity index (χ1) is 31.7. The highest BCUT2D eigenvalue weighted by Crippen LogP contribution is 2.43. The number of fused-ring (bicyclic) bond motifs is 6. The Balaban J connectivity index is 1.03. The maximum Gasteiger partial charge on any atom is 0.0541 e. The summed E-state index contributed by atoms with van der Waals surface area (Å²) in [6, 6.07) is 92.8. The van der Waals surface area contributed by atoms with Gasteiger partial charge >= 0.3 is 0 Å². The van der Waals surface area contributed by atoms with E-state index in [0.29, 0.717) is 0 Å². The molecule has 0 fully saturated rings. The van der Waals surface area contributed by atoms with Gasteiger partial charge in [0.15, 0.2) is 0 Å². The summed E-state index contributed by atoms with van der Waals surface area (Å²) in [7, 11) is 0. The van der Waals surface area contributed by atoms with Crippen molar-refractivity contribution < 1.29 is 0 Å². The van der Waals surface area contributed by atoms with Crippen molar-refractivity contribution in [2.75, 3.05) is 4.90 Å². The molecule has 0 amide bonds. The van der Waals surface area contributed by atoms with Gasteiger partial charge in [0.1, 0.15) is 0 Å². The first-order valence-corrected chi connectivity index (χ1v) is 22.0. The standard InChI is InChI=1S/C62H42N2/c1-3-17-43(18-4-1)46-22-15-24-50(39-46)63(49-35-33-45(34-36-49)59-41-48-21-7-8-26-53(48)55-27-9-10-28-56(55)59)51-25-16-23-47(40-51)60-42-52(37-38-54(60)44-19-5-2-6-20-44)64-61-31-13-11-29-57(61)58-30-12-14-32-62(58)64/h1-42H. The lowest BCUT2D eigenvalue weighted by Crippen LogP contribution is -2.10. The average molecular weight is 815 g/mol. The Morgan fingerprint density at radius 2 is 0.766 bits per heavy atom. The second kappa shape index (κ2) is 15.8. The van der Waals surface area contributed by atoms with E-state index in [0.717, 1.165) is 28.3 Å². The lowest BCUT2D eigenvalue weighted by Gasteiger charge is -2.27. The number of aromatic nitrogens is 1. The zero-order valence-corrected chi connectivity index (χ0v) is 35.1. The summed E-state index contributed by atoms with van der Waals surface area (Å²) < 4.78 is 2.41. The fourth-order valence-corrected chi connectivity index (χ4v) is 9.78. The molecule has 0 saturated carbocycles. The van der Waals surface area contributed by atoms with Crippen LogP contribution in [-0.2, 0) is 0 Å². The van der Waals surface area contributed by atoms with Crippen LogP contribution in [0.5, 0.6) is 0 Å². The molecule has 1 aromatic heterocycles. The van der Waals surface area contributed by atoms with Crippen molar-refractivity contribution >= 4 is 60.4 Å². The van der Waals surface area contributed by atoms with E-state index in [1.807, 2.05) is 0 Å². The third kappa shape index (κ3) is 6.52. The van der Waals surface area contributed by atoms with Crippen LogP contribution in [0.25, 0.3) is 93.5 Å². The lowest BCUT2D eigenvalue weighted by molar-refractivity contribution is 1.18. The molecule has 0 radical (unpaired) electrons. The zero-order valence-electron chi connectivity index (χ0n) is 35.1. The van der Waals surface area contributed by atoms with Gasteiger partial charge in [-0.05, 0) is 133 Å². The number of rotatable bonds is 8. The quantitative estimate of drug-likeness (QED) is 0.139. The topological polar surface area (TPSA) is 8.17 Å². The van der Waals surface area contributed by atoms with E-state index in [1.165, 1.54) is 82.3 Å². The predicted molar refractivity (Wildman–Crippen MR) is 272 cm³/mol. The van der Waals surface area contributed by atoms with E-state index >= 15 is 0 Å². The van der Waals surface area contributed by atoms with Crippen LogP contribution in [0.2, 0.25) is 0 Å². The molecule has 0 saturated heterocycles. The smallest absolute Gasteiger partial charge is 0.0541 e. The van der Waals surface area contributed by atoms with Crippen LogP contribution < -0.4 is 4.90 Å². The van der Waals surface area contributed by atoms with E-state index in [-0.39, 0.29) is 0 Å². The van der Waals surface area contributed by atoms with Gasteiger partial charge in [-0.25, -0.2) is 0 Å². The van der Waals surface area contributed by atoms with Gasteiger partial charge in [-0.1, -0.05) is 188 Å². The SMILES string of the molecule is c1ccc(-c2cccc(N(c3ccc(-c4cc5ccccc5c5ccccc45)cc3)c3cccc(-c4cc(-n5c6ccccc6c6ccccc65)ccc4-c4ccccc4)c3)c2)cc1. The van der Waals surface area contributed by atoms with E-state index in [4.69, 9.17) is 0 Å². The number of nitrogens with zero attached hydrogens (tertiary/aromatic N) is 2. The van der Waals surface area contributed by atoms with E-state index in [2.05, 4.69) is 264 Å². The molecule has 0 spiro atoms. The molecule has 11 aromatic carbocycles. The van der Waals surface area contributed by atoms with Gasteiger partial charge in [-0.15, -0.1) is 0 Å². The molecule has 64 heavy (non-hydrogen) atoms. The molecule has 0 aliphatic carbocycles. The van der Waals surface area contributed by atoms with Crippen molar-refractivity contribution in [3.05, 3.63) is 255 Å². The Hall–Kier alpha value is -8.46. The molecule has 0 aliphatic rings. The molecule has 2 heteroatoms. The normalized spacial score (nSPS) is 11.4. The molecular formula is C62H42N2. The fourth-order valence-electron chi connectivity index (χ4n) is 9.78. The van der Waals surface area contributed by atoms with Gasteiger partial charge in [-0.2, -0.15) is 0 Å². The minimum atomic E-state index is 1.08. The molecule has 12 rings (SSSR count). The second-order valence-corrected chi connectivity index (χ2v) is 16.5. The van der Waals surface area contributed by atoms with Crippen LogP contribution in [0.4, 0.5) is 17.1 Å². The van der Waals surface area contributed by atoms with Gasteiger partial charge in [0.2, 0.25) is 0 Å². The van der Waals surface area contributed by atoms with Gasteiger partial charge in [0, 0.05) is 33.5 Å². The van der Waals surface area contributed by atoms with Gasteiger partial charge in [0.05, 0.1) is 11.0 Å². The molecule has 0 aliphatic heterocycles. The van der Waals surface area contributed by atoms with Crippen molar-refractivity contribution in [3.8, 4) is 50.2 Å². The van der Waals surface area contributed by atoms with Crippen LogP contribution in [0.1, 0.15) is 0 Å². The monoisotopic (exact) mass is 814 g/mol. The highest BCUT2D eigenvalue weighted by Gasteiger charge is 2.19. The maximum atomic E-state index is 2.41. The highest BCUT2D eigenvalue weighted by atomic mass is 15.1. The summed E-state index contributed by atoms with van der Waals surface area (Å²) in [5.74, 6) is 0. The van der Waals surface area contributed by atoms with Gasteiger partial charge in [0.25, 0.3) is 0 Å². The summed E-state index contributed by atoms with van der Waals surface area (Å²) in [4.78, 5) is 2.40. The fraction of sp³-hybridized carbons (Fsp3) is 0. The number of para-hydroxylation sites is 2. The highest BCUT2D eigenvalue weighted by molar-refractivity contribution is 6.14. The molecule has 0 bridgehead atoms. The predicted octanol–water partition coefficient (Wildman–Crippen LogP) is 17.2. The van der Waals surface area contributed by atoms with Crippen LogP contribution in [0, 0.1) is 0 Å². The summed E-state index contributed by atoms with van der Waals surface area (Å²) in [6.07, 6.45) is 0. The van der Waals surface area contributed by atoms with Crippen molar-refractivity contribution in [3.63, 3.8) is 0 Å². The minimum Gasteiger partial charge on any atom is -0.310 e. The largest absolute Gasteiger partial charge is 0.310 e. The van der Waals surface area contributed by atoms with Crippen molar-refractivity contribution in [2.24, 2.45) is 0 Å². The van der Waals surface area contributed by atoms with Crippen molar-refractivity contribution in [1.82, 2.24) is 4.57 Å². The van der Waals surface area contributed by atoms with E-state index in [9.17, 15) is 0 Å². The average Bonchev–Trinajstić information content (AvgIpc) is 3.71. The van der Waals surface area contributed by atoms with Crippen molar-refractivity contribution in [1.29, 1.82) is 0 Å². The number of benzene rings is 11. The Bertz CT molecular complexity index is 3610. The Morgan fingerprint density at radius 3 is 1.45 bits per heavy atom. The first-order valence-electron chi connectivity index (χ1n) is 22.0.